The molecule has 1 saturated carbocycles. The highest BCUT2D eigenvalue weighted by Crippen LogP contribution is 2.30. The van der Waals surface area contributed by atoms with Crippen LogP contribution in [0.5, 0.6) is 0 Å². The zero-order valence-electron chi connectivity index (χ0n) is 12.7. The van der Waals surface area contributed by atoms with Gasteiger partial charge in [0.15, 0.2) is 0 Å². The Bertz CT molecular complexity index is 697. The van der Waals surface area contributed by atoms with Gasteiger partial charge in [-0.2, -0.15) is 0 Å². The standard InChI is InChI=1S/C16H18O5S2/c1-11(17)20-13-5-4-6-14(13)21-12-9-22(18)15-7-2-3-8-16(15)23(19)10-12/h2-3,7-9,13-14H,4-6,10H2,1H3/t13-,14+,22?,23?/m0/s1. The Morgan fingerprint density at radius 3 is 2.57 bits per heavy atom. The third-order valence-corrected chi connectivity index (χ3v) is 6.62. The van der Waals surface area contributed by atoms with E-state index in [2.05, 4.69) is 0 Å². The molecule has 124 valence electrons. The van der Waals surface area contributed by atoms with E-state index in [0.29, 0.717) is 15.6 Å². The minimum atomic E-state index is -1.39. The average molecular weight is 354 g/mol. The van der Waals surface area contributed by atoms with Gasteiger partial charge in [-0.1, -0.05) is 12.1 Å². The number of hydrogen-bond acceptors (Lipinski definition) is 5. The van der Waals surface area contributed by atoms with Crippen molar-refractivity contribution in [2.24, 2.45) is 0 Å². The first kappa shape index (κ1) is 16.4. The van der Waals surface area contributed by atoms with Crippen LogP contribution in [0.4, 0.5) is 0 Å². The summed E-state index contributed by atoms with van der Waals surface area (Å²) in [5.74, 6) is 0.299. The largest absolute Gasteiger partial charge is 0.489 e. The summed E-state index contributed by atoms with van der Waals surface area (Å²) in [4.78, 5) is 12.3. The van der Waals surface area contributed by atoms with Crippen LogP contribution in [-0.2, 0) is 35.9 Å². The van der Waals surface area contributed by atoms with Crippen LogP contribution in [0.15, 0.2) is 45.2 Å². The van der Waals surface area contributed by atoms with E-state index in [1.54, 1.807) is 24.3 Å². The van der Waals surface area contributed by atoms with E-state index in [-0.39, 0.29) is 23.9 Å². The monoisotopic (exact) mass is 354 g/mol. The van der Waals surface area contributed by atoms with E-state index in [1.807, 2.05) is 0 Å². The van der Waals surface area contributed by atoms with E-state index in [4.69, 9.17) is 9.47 Å². The van der Waals surface area contributed by atoms with Gasteiger partial charge in [-0.3, -0.25) is 9.00 Å². The molecular weight excluding hydrogens is 336 g/mol. The van der Waals surface area contributed by atoms with Crippen LogP contribution in [0.25, 0.3) is 0 Å². The minimum Gasteiger partial charge on any atom is -0.489 e. The number of hydrogen-bond donors (Lipinski definition) is 0. The Kier molecular flexibility index (Phi) is 4.96. The van der Waals surface area contributed by atoms with Gasteiger partial charge in [0, 0.05) is 12.3 Å². The molecule has 0 radical (unpaired) electrons. The molecule has 1 fully saturated rings. The molecule has 5 nitrogen and oxygen atoms in total. The molecule has 0 bridgehead atoms. The number of rotatable bonds is 3. The van der Waals surface area contributed by atoms with Gasteiger partial charge >= 0.3 is 5.97 Å². The smallest absolute Gasteiger partial charge is 0.303 e. The summed E-state index contributed by atoms with van der Waals surface area (Å²) in [5.41, 5.74) is 0. The molecule has 3 rings (SSSR count). The molecule has 7 heteroatoms. The molecule has 2 aliphatic rings. The Hall–Kier alpha value is -1.47. The number of fused-ring (bicyclic) bond motifs is 1. The molecule has 4 atom stereocenters. The lowest BCUT2D eigenvalue weighted by Crippen LogP contribution is -2.28. The third kappa shape index (κ3) is 3.72. The maximum Gasteiger partial charge on any atom is 0.303 e. The first-order valence-corrected chi connectivity index (χ1v) is 10.0. The van der Waals surface area contributed by atoms with Crippen molar-refractivity contribution in [2.45, 2.75) is 48.2 Å². The van der Waals surface area contributed by atoms with Gasteiger partial charge in [-0.15, -0.1) is 0 Å². The Morgan fingerprint density at radius 1 is 1.13 bits per heavy atom. The summed E-state index contributed by atoms with van der Waals surface area (Å²) in [6.45, 7) is 1.38. The van der Waals surface area contributed by atoms with Crippen LogP contribution in [0.2, 0.25) is 0 Å². The van der Waals surface area contributed by atoms with Gasteiger partial charge in [0.25, 0.3) is 0 Å². The second-order valence-electron chi connectivity index (χ2n) is 5.55. The van der Waals surface area contributed by atoms with Crippen molar-refractivity contribution < 1.29 is 22.7 Å². The number of benzene rings is 1. The molecule has 1 aromatic rings. The maximum atomic E-state index is 12.5. The Balaban J connectivity index is 1.78. The predicted octanol–water partition coefficient (Wildman–Crippen LogP) is 2.26. The maximum absolute atomic E-state index is 12.5. The highest BCUT2D eigenvalue weighted by atomic mass is 32.2. The van der Waals surface area contributed by atoms with Crippen LogP contribution in [-0.4, -0.2) is 32.3 Å². The molecule has 1 heterocycles. The van der Waals surface area contributed by atoms with E-state index >= 15 is 0 Å². The van der Waals surface area contributed by atoms with E-state index in [1.165, 1.54) is 12.3 Å². The van der Waals surface area contributed by atoms with Crippen molar-refractivity contribution in [3.8, 4) is 0 Å². The van der Waals surface area contributed by atoms with Crippen molar-refractivity contribution >= 4 is 27.6 Å². The minimum absolute atomic E-state index is 0.187. The molecule has 0 aromatic heterocycles. The molecule has 1 aliphatic carbocycles. The van der Waals surface area contributed by atoms with E-state index in [9.17, 15) is 13.2 Å². The number of carbonyl (C=O) groups excluding carboxylic acids is 1. The van der Waals surface area contributed by atoms with E-state index in [0.717, 1.165) is 19.3 Å². The van der Waals surface area contributed by atoms with Gasteiger partial charge in [-0.25, -0.2) is 4.21 Å². The lowest BCUT2D eigenvalue weighted by Gasteiger charge is -2.22. The molecule has 0 N–H and O–H groups in total. The highest BCUT2D eigenvalue weighted by molar-refractivity contribution is 7.90. The van der Waals surface area contributed by atoms with E-state index < -0.39 is 21.6 Å². The van der Waals surface area contributed by atoms with Crippen LogP contribution in [0.1, 0.15) is 26.2 Å². The number of carbonyl (C=O) groups is 1. The van der Waals surface area contributed by atoms with Crippen LogP contribution in [0.3, 0.4) is 0 Å². The van der Waals surface area contributed by atoms with Crippen molar-refractivity contribution in [2.75, 3.05) is 5.75 Å². The predicted molar refractivity (Wildman–Crippen MR) is 86.5 cm³/mol. The molecular formula is C16H18O5S2. The SMILES string of the molecule is CC(=O)O[C@H]1CCC[C@H]1OC1=CS(=O)c2ccccc2S(=O)C1. The van der Waals surface area contributed by atoms with Crippen molar-refractivity contribution in [1.29, 1.82) is 0 Å². The average Bonchev–Trinajstić information content (AvgIpc) is 2.88. The molecule has 0 spiro atoms. The summed E-state index contributed by atoms with van der Waals surface area (Å²) in [7, 11) is -2.69. The number of esters is 1. The lowest BCUT2D eigenvalue weighted by atomic mass is 10.2. The van der Waals surface area contributed by atoms with Crippen LogP contribution in [0, 0.1) is 0 Å². The fourth-order valence-corrected chi connectivity index (χ4v) is 5.56. The molecule has 0 saturated heterocycles. The molecule has 2 unspecified atom stereocenters. The molecule has 1 aliphatic heterocycles. The Morgan fingerprint density at radius 2 is 1.83 bits per heavy atom. The van der Waals surface area contributed by atoms with Gasteiger partial charge in [0.05, 0.1) is 37.1 Å². The van der Waals surface area contributed by atoms with Gasteiger partial charge in [0.2, 0.25) is 0 Å². The molecule has 1 aromatic carbocycles. The zero-order chi connectivity index (χ0) is 16.4. The van der Waals surface area contributed by atoms with Gasteiger partial charge < -0.3 is 9.47 Å². The third-order valence-electron chi connectivity index (χ3n) is 3.84. The van der Waals surface area contributed by atoms with Crippen molar-refractivity contribution in [1.82, 2.24) is 0 Å². The second kappa shape index (κ2) is 6.97. The number of ether oxygens (including phenoxy) is 2. The summed E-state index contributed by atoms with van der Waals surface area (Å²) in [5, 5.41) is 1.52. The summed E-state index contributed by atoms with van der Waals surface area (Å²) in [6, 6.07) is 7.02. The van der Waals surface area contributed by atoms with Gasteiger partial charge in [-0.05, 0) is 31.4 Å². The fourth-order valence-electron chi connectivity index (χ4n) is 2.86. The van der Waals surface area contributed by atoms with Crippen LogP contribution < -0.4 is 0 Å². The van der Waals surface area contributed by atoms with Crippen molar-refractivity contribution in [3.63, 3.8) is 0 Å². The first-order chi connectivity index (χ1) is 11.0. The first-order valence-electron chi connectivity index (χ1n) is 7.47. The normalized spacial score (nSPS) is 30.0. The second-order valence-corrected chi connectivity index (χ2v) is 8.24. The fraction of sp³-hybridized carbons (Fsp3) is 0.438. The zero-order valence-corrected chi connectivity index (χ0v) is 14.4. The van der Waals surface area contributed by atoms with Gasteiger partial charge in [0.1, 0.15) is 18.0 Å². The summed E-state index contributed by atoms with van der Waals surface area (Å²) in [6.07, 6.45) is 1.87. The summed E-state index contributed by atoms with van der Waals surface area (Å²) < 4.78 is 36.1. The van der Waals surface area contributed by atoms with Crippen molar-refractivity contribution in [3.05, 3.63) is 35.4 Å². The summed E-state index contributed by atoms with van der Waals surface area (Å²) >= 11 is 0. The Labute approximate surface area is 140 Å². The topological polar surface area (TPSA) is 69.7 Å². The lowest BCUT2D eigenvalue weighted by molar-refractivity contribution is -0.151. The quantitative estimate of drug-likeness (QED) is 0.779. The highest BCUT2D eigenvalue weighted by Gasteiger charge is 2.33. The van der Waals surface area contributed by atoms with Crippen LogP contribution >= 0.6 is 0 Å². The molecule has 23 heavy (non-hydrogen) atoms. The molecule has 0 amide bonds.